The van der Waals surface area contributed by atoms with Crippen LogP contribution in [0.25, 0.3) is 0 Å². The molecule has 0 aliphatic carbocycles. The third-order valence-electron chi connectivity index (χ3n) is 2.63. The molecule has 0 aromatic rings. The van der Waals surface area contributed by atoms with Crippen LogP contribution in [-0.4, -0.2) is 40.4 Å². The Hall–Kier alpha value is 0.490. The highest BCUT2D eigenvalue weighted by Gasteiger charge is 2.00. The number of hydrogen-bond acceptors (Lipinski definition) is 5. The van der Waals surface area contributed by atoms with Gasteiger partial charge in [-0.3, -0.25) is 0 Å². The quantitative estimate of drug-likeness (QED) is 0.0792. The first-order valence-electron chi connectivity index (χ1n) is 7.91. The lowest BCUT2D eigenvalue weighted by Gasteiger charge is -2.01. The summed E-state index contributed by atoms with van der Waals surface area (Å²) in [6.45, 7) is 2.26. The van der Waals surface area contributed by atoms with Gasteiger partial charge in [0, 0.05) is 17.8 Å². The van der Waals surface area contributed by atoms with Crippen LogP contribution in [0.2, 0.25) is 0 Å². The van der Waals surface area contributed by atoms with Gasteiger partial charge >= 0.3 is 15.6 Å². The largest absolute Gasteiger partial charge is 0.466 e. The molecule has 0 spiro atoms. The molecule has 0 bridgehead atoms. The summed E-state index contributed by atoms with van der Waals surface area (Å²) in [7, 11) is -9.28. The first kappa shape index (κ1) is 30.2. The lowest BCUT2D eigenvalue weighted by atomic mass is 10.1. The Morgan fingerprint density at radius 2 is 0.960 bits per heavy atom. The van der Waals surface area contributed by atoms with Crippen molar-refractivity contribution in [1.82, 2.24) is 0 Å². The zero-order valence-electron chi connectivity index (χ0n) is 14.4. The van der Waals surface area contributed by atoms with Gasteiger partial charge in [-0.25, -0.2) is 14.4 Å². The fourth-order valence-corrected chi connectivity index (χ4v) is 2.08. The van der Waals surface area contributed by atoms with Crippen LogP contribution in [0.15, 0.2) is 0 Å². The topological polar surface area (TPSA) is 185 Å². The average molecular weight is 430 g/mol. The van der Waals surface area contributed by atoms with Gasteiger partial charge in [-0.2, -0.15) is 4.33 Å². The summed E-state index contributed by atoms with van der Waals surface area (Å²) >= 11 is 1.14. The fourth-order valence-electron chi connectivity index (χ4n) is 1.69. The van der Waals surface area contributed by atoms with Crippen LogP contribution in [0.3, 0.4) is 0 Å². The van der Waals surface area contributed by atoms with Crippen molar-refractivity contribution in [2.45, 2.75) is 71.1 Å². The van der Waals surface area contributed by atoms with Gasteiger partial charge in [0.1, 0.15) is 0 Å². The van der Waals surface area contributed by atoms with E-state index in [1.54, 1.807) is 0 Å². The van der Waals surface area contributed by atoms with Crippen LogP contribution in [-0.2, 0) is 13.5 Å². The number of unbranched alkanes of at least 4 members (excludes halogenated alkanes) is 9. The van der Waals surface area contributed by atoms with E-state index < -0.39 is 15.6 Å². The van der Waals surface area contributed by atoms with Gasteiger partial charge in [0.25, 0.3) is 0 Å². The normalized spacial score (nSPS) is 11.2. The minimum absolute atomic E-state index is 0.910. The molecule has 0 atom stereocenters. The Balaban J connectivity index is -0.000000396. The molecule has 0 rings (SSSR count). The maximum Gasteiger partial charge on any atom is 0.466 e. The molecule has 0 saturated heterocycles. The molecule has 0 heterocycles. The Kier molecular flexibility index (Phi) is 25.1. The summed E-state index contributed by atoms with van der Waals surface area (Å²) in [4.78, 5) is 43.1. The summed E-state index contributed by atoms with van der Waals surface area (Å²) < 4.78 is 21.7. The SMILES string of the molecule is CCCCCCCCCCCCSOO.O=P(O)(O)O.O=P(O)(O)O. The van der Waals surface area contributed by atoms with Gasteiger partial charge in [-0.15, -0.1) is 0 Å². The van der Waals surface area contributed by atoms with E-state index in [-0.39, 0.29) is 0 Å². The fraction of sp³-hybridized carbons (Fsp3) is 1.00. The smallest absolute Gasteiger partial charge is 0.303 e. The maximum absolute atomic E-state index is 8.88. The van der Waals surface area contributed by atoms with E-state index in [2.05, 4.69) is 11.3 Å². The Bertz CT molecular complexity index is 298. The van der Waals surface area contributed by atoms with Crippen LogP contribution in [0, 0.1) is 0 Å². The van der Waals surface area contributed by atoms with E-state index in [1.807, 2.05) is 0 Å². The van der Waals surface area contributed by atoms with Gasteiger partial charge < -0.3 is 29.4 Å². The lowest BCUT2D eigenvalue weighted by molar-refractivity contribution is -0.116. The molecule has 0 amide bonds. The molecule has 0 aliphatic rings. The van der Waals surface area contributed by atoms with Crippen molar-refractivity contribution in [2.75, 3.05) is 5.75 Å². The highest BCUT2D eigenvalue weighted by Crippen LogP contribution is 2.26. The van der Waals surface area contributed by atoms with E-state index in [0.717, 1.165) is 24.2 Å². The van der Waals surface area contributed by atoms with Crippen LogP contribution < -0.4 is 0 Å². The van der Waals surface area contributed by atoms with Gasteiger partial charge in [-0.1, -0.05) is 64.7 Å². The zero-order valence-corrected chi connectivity index (χ0v) is 17.0. The molecular weight excluding hydrogens is 398 g/mol. The second kappa shape index (κ2) is 20.8. The molecule has 0 radical (unpaired) electrons. The molecule has 7 N–H and O–H groups in total. The monoisotopic (exact) mass is 430 g/mol. The molecule has 0 aromatic heterocycles. The van der Waals surface area contributed by atoms with Crippen molar-refractivity contribution in [1.29, 1.82) is 0 Å². The predicted molar refractivity (Wildman–Crippen MR) is 96.5 cm³/mol. The number of phosphoric acid groups is 2. The summed E-state index contributed by atoms with van der Waals surface area (Å²) in [5, 5.41) is 8.07. The van der Waals surface area contributed by atoms with E-state index in [1.165, 1.54) is 57.8 Å². The van der Waals surface area contributed by atoms with Crippen molar-refractivity contribution >= 4 is 27.7 Å². The van der Waals surface area contributed by atoms with Crippen molar-refractivity contribution in [3.63, 3.8) is 0 Å². The molecular formula is C12H32O10P2S. The van der Waals surface area contributed by atoms with Crippen LogP contribution >= 0.6 is 27.7 Å². The predicted octanol–water partition coefficient (Wildman–Crippen LogP) is 3.19. The molecule has 10 nitrogen and oxygen atoms in total. The van der Waals surface area contributed by atoms with Gasteiger partial charge in [-0.05, 0) is 6.42 Å². The van der Waals surface area contributed by atoms with E-state index in [0.29, 0.717) is 0 Å². The summed E-state index contributed by atoms with van der Waals surface area (Å²) in [5.74, 6) is 0.910. The molecule has 0 aliphatic heterocycles. The van der Waals surface area contributed by atoms with Crippen molar-refractivity contribution < 1.29 is 48.1 Å². The summed E-state index contributed by atoms with van der Waals surface area (Å²) in [6.07, 6.45) is 13.5. The standard InChI is InChI=1S/C12H26O2S.2H3O4P/c1-2-3-4-5-6-7-8-9-10-11-12-15-14-13;2*1-5(2,3)4/h13H,2-12H2,1H3;2*(H3,1,2,3,4). The second-order valence-electron chi connectivity index (χ2n) is 5.11. The van der Waals surface area contributed by atoms with E-state index >= 15 is 0 Å². The molecule has 0 fully saturated rings. The molecule has 0 saturated carbocycles. The first-order chi connectivity index (χ1) is 11.4. The van der Waals surface area contributed by atoms with Crippen molar-refractivity contribution in [3.05, 3.63) is 0 Å². The lowest BCUT2D eigenvalue weighted by Crippen LogP contribution is -1.84. The minimum Gasteiger partial charge on any atom is -0.303 e. The van der Waals surface area contributed by atoms with E-state index in [9.17, 15) is 0 Å². The molecule has 156 valence electrons. The van der Waals surface area contributed by atoms with E-state index in [4.69, 9.17) is 43.7 Å². The van der Waals surface area contributed by atoms with Gasteiger partial charge in [0.2, 0.25) is 0 Å². The zero-order chi connectivity index (χ0) is 20.2. The number of rotatable bonds is 12. The summed E-state index contributed by atoms with van der Waals surface area (Å²) in [5.41, 5.74) is 0. The van der Waals surface area contributed by atoms with Gasteiger partial charge in [0.15, 0.2) is 0 Å². The van der Waals surface area contributed by atoms with Crippen LogP contribution in [0.5, 0.6) is 0 Å². The van der Waals surface area contributed by atoms with Crippen LogP contribution in [0.1, 0.15) is 71.1 Å². The number of hydrogen-bond donors (Lipinski definition) is 7. The Morgan fingerprint density at radius 1 is 0.680 bits per heavy atom. The maximum atomic E-state index is 8.88. The molecule has 25 heavy (non-hydrogen) atoms. The first-order valence-corrected chi connectivity index (χ1v) is 12.0. The second-order valence-corrected chi connectivity index (χ2v) is 7.95. The molecule has 13 heteroatoms. The van der Waals surface area contributed by atoms with Gasteiger partial charge in [0.05, 0.1) is 0 Å². The molecule has 0 unspecified atom stereocenters. The van der Waals surface area contributed by atoms with Crippen molar-refractivity contribution in [3.8, 4) is 0 Å². The third-order valence-corrected chi connectivity index (χ3v) is 3.19. The molecule has 0 aromatic carbocycles. The highest BCUT2D eigenvalue weighted by atomic mass is 32.2. The van der Waals surface area contributed by atoms with Crippen LogP contribution in [0.4, 0.5) is 0 Å². The summed E-state index contributed by atoms with van der Waals surface area (Å²) in [6, 6.07) is 0. The third kappa shape index (κ3) is 79.4. The Morgan fingerprint density at radius 3 is 1.24 bits per heavy atom. The average Bonchev–Trinajstić information content (AvgIpc) is 2.41. The van der Waals surface area contributed by atoms with Crippen molar-refractivity contribution in [2.24, 2.45) is 0 Å². The Labute approximate surface area is 153 Å². The highest BCUT2D eigenvalue weighted by molar-refractivity contribution is 7.94. The minimum atomic E-state index is -4.64.